The van der Waals surface area contributed by atoms with Crippen LogP contribution < -0.4 is 9.47 Å². The summed E-state index contributed by atoms with van der Waals surface area (Å²) in [6, 6.07) is 13.5. The number of hydrogen-bond donors (Lipinski definition) is 0. The van der Waals surface area contributed by atoms with E-state index in [9.17, 15) is 8.42 Å². The molecule has 0 aliphatic carbocycles. The van der Waals surface area contributed by atoms with Gasteiger partial charge in [0.15, 0.2) is 9.84 Å². The van der Waals surface area contributed by atoms with Gasteiger partial charge in [-0.1, -0.05) is 18.2 Å². The monoisotopic (exact) mass is 292 g/mol. The molecule has 0 heterocycles. The van der Waals surface area contributed by atoms with Crippen LogP contribution in [0, 0.1) is 0 Å². The zero-order valence-corrected chi connectivity index (χ0v) is 12.2. The molecule has 0 fully saturated rings. The molecule has 0 spiro atoms. The molecule has 0 unspecified atom stereocenters. The minimum atomic E-state index is -3.37. The molecule has 106 valence electrons. The molecule has 5 heteroatoms. The van der Waals surface area contributed by atoms with E-state index >= 15 is 0 Å². The molecular formula is C15H16O4S. The first kappa shape index (κ1) is 14.4. The molecule has 0 saturated carbocycles. The maximum absolute atomic E-state index is 12.3. The molecule has 4 nitrogen and oxygen atoms in total. The third-order valence-corrected chi connectivity index (χ3v) is 4.57. The van der Waals surface area contributed by atoms with Gasteiger partial charge in [0.2, 0.25) is 0 Å². The molecule has 0 atom stereocenters. The Morgan fingerprint density at radius 2 is 1.45 bits per heavy atom. The Hall–Kier alpha value is -2.01. The molecule has 0 radical (unpaired) electrons. The van der Waals surface area contributed by atoms with E-state index in [-0.39, 0.29) is 5.75 Å². The highest BCUT2D eigenvalue weighted by Crippen LogP contribution is 2.25. The lowest BCUT2D eigenvalue weighted by atomic mass is 10.2. The molecule has 0 saturated heterocycles. The van der Waals surface area contributed by atoms with Crippen LogP contribution in [-0.2, 0) is 15.6 Å². The zero-order chi connectivity index (χ0) is 14.6. The predicted octanol–water partition coefficient (Wildman–Crippen LogP) is 2.68. The van der Waals surface area contributed by atoms with Gasteiger partial charge in [-0.25, -0.2) is 8.42 Å². The first-order valence-corrected chi connectivity index (χ1v) is 7.70. The summed E-state index contributed by atoms with van der Waals surface area (Å²) in [6.07, 6.45) is 0. The molecule has 0 amide bonds. The summed E-state index contributed by atoms with van der Waals surface area (Å²) in [5, 5.41) is 0. The van der Waals surface area contributed by atoms with E-state index in [0.29, 0.717) is 22.0 Å². The van der Waals surface area contributed by atoms with Crippen LogP contribution >= 0.6 is 0 Å². The van der Waals surface area contributed by atoms with E-state index in [4.69, 9.17) is 9.47 Å². The van der Waals surface area contributed by atoms with Gasteiger partial charge in [0.05, 0.1) is 24.9 Å². The first-order valence-electron chi connectivity index (χ1n) is 6.05. The van der Waals surface area contributed by atoms with Gasteiger partial charge in [-0.2, -0.15) is 0 Å². The minimum absolute atomic E-state index is 0.0927. The lowest BCUT2D eigenvalue weighted by Crippen LogP contribution is -2.05. The lowest BCUT2D eigenvalue weighted by Gasteiger charge is -2.09. The van der Waals surface area contributed by atoms with Crippen molar-refractivity contribution in [2.75, 3.05) is 14.2 Å². The van der Waals surface area contributed by atoms with Crippen molar-refractivity contribution >= 4 is 9.84 Å². The fraction of sp³-hybridized carbons (Fsp3) is 0.200. The van der Waals surface area contributed by atoms with Crippen molar-refractivity contribution in [1.82, 2.24) is 0 Å². The molecule has 2 aromatic carbocycles. The molecule has 0 bridgehead atoms. The molecule has 0 aliphatic heterocycles. The highest BCUT2D eigenvalue weighted by atomic mass is 32.2. The van der Waals surface area contributed by atoms with Crippen LogP contribution in [0.15, 0.2) is 53.4 Å². The van der Waals surface area contributed by atoms with E-state index < -0.39 is 9.84 Å². The number of ether oxygens (including phenoxy) is 2. The molecule has 0 aliphatic rings. The number of sulfone groups is 1. The summed E-state index contributed by atoms with van der Waals surface area (Å²) in [6.45, 7) is 0. The second kappa shape index (κ2) is 5.96. The van der Waals surface area contributed by atoms with Crippen LogP contribution in [0.5, 0.6) is 11.5 Å². The van der Waals surface area contributed by atoms with E-state index in [0.717, 1.165) is 0 Å². The topological polar surface area (TPSA) is 52.6 Å². The highest BCUT2D eigenvalue weighted by molar-refractivity contribution is 7.90. The Labute approximate surface area is 118 Å². The van der Waals surface area contributed by atoms with Gasteiger partial charge in [-0.15, -0.1) is 0 Å². The molecular weight excluding hydrogens is 276 g/mol. The summed E-state index contributed by atoms with van der Waals surface area (Å²) < 4.78 is 34.9. The second-order valence-electron chi connectivity index (χ2n) is 4.29. The number of hydrogen-bond acceptors (Lipinski definition) is 4. The number of benzene rings is 2. The smallest absolute Gasteiger partial charge is 0.182 e. The highest BCUT2D eigenvalue weighted by Gasteiger charge is 2.16. The third kappa shape index (κ3) is 3.30. The second-order valence-corrected chi connectivity index (χ2v) is 6.28. The largest absolute Gasteiger partial charge is 0.497 e. The van der Waals surface area contributed by atoms with E-state index in [1.807, 2.05) is 0 Å². The van der Waals surface area contributed by atoms with E-state index in [1.165, 1.54) is 14.2 Å². The van der Waals surface area contributed by atoms with Gasteiger partial charge in [-0.05, 0) is 29.8 Å². The van der Waals surface area contributed by atoms with Gasteiger partial charge in [0, 0.05) is 6.07 Å². The molecule has 2 rings (SSSR count). The normalized spacial score (nSPS) is 11.1. The van der Waals surface area contributed by atoms with Gasteiger partial charge < -0.3 is 9.47 Å². The van der Waals surface area contributed by atoms with Crippen molar-refractivity contribution < 1.29 is 17.9 Å². The van der Waals surface area contributed by atoms with Crippen molar-refractivity contribution in [3.63, 3.8) is 0 Å². The van der Waals surface area contributed by atoms with Crippen molar-refractivity contribution in [3.05, 3.63) is 54.1 Å². The predicted molar refractivity (Wildman–Crippen MR) is 76.9 cm³/mol. The van der Waals surface area contributed by atoms with Gasteiger partial charge in [0.1, 0.15) is 11.5 Å². The van der Waals surface area contributed by atoms with Crippen molar-refractivity contribution in [2.24, 2.45) is 0 Å². The van der Waals surface area contributed by atoms with Crippen molar-refractivity contribution in [3.8, 4) is 11.5 Å². The summed E-state index contributed by atoms with van der Waals surface area (Å²) in [7, 11) is -0.310. The molecule has 0 N–H and O–H groups in total. The Balaban J connectivity index is 2.34. The van der Waals surface area contributed by atoms with Gasteiger partial charge in [0.25, 0.3) is 0 Å². The summed E-state index contributed by atoms with van der Waals surface area (Å²) in [5.74, 6) is 1.05. The molecule has 2 aromatic rings. The average Bonchev–Trinajstić information content (AvgIpc) is 2.47. The van der Waals surface area contributed by atoms with E-state index in [1.54, 1.807) is 48.5 Å². The minimum Gasteiger partial charge on any atom is -0.497 e. The SMILES string of the molecule is COc1cc(CS(=O)(=O)c2ccccc2)cc(OC)c1. The average molecular weight is 292 g/mol. The standard InChI is InChI=1S/C15H16O4S/c1-18-13-8-12(9-14(10-13)19-2)11-20(16,17)15-6-4-3-5-7-15/h3-10H,11H2,1-2H3. The van der Waals surface area contributed by atoms with Crippen molar-refractivity contribution in [1.29, 1.82) is 0 Å². The Morgan fingerprint density at radius 1 is 0.900 bits per heavy atom. The third-order valence-electron chi connectivity index (χ3n) is 2.87. The summed E-state index contributed by atoms with van der Waals surface area (Å²) >= 11 is 0. The van der Waals surface area contributed by atoms with Crippen LogP contribution in [0.2, 0.25) is 0 Å². The Kier molecular flexibility index (Phi) is 4.29. The number of rotatable bonds is 5. The fourth-order valence-corrected chi connectivity index (χ4v) is 3.22. The summed E-state index contributed by atoms with van der Waals surface area (Å²) in [5.41, 5.74) is 0.630. The Bertz CT molecular complexity index is 656. The van der Waals surface area contributed by atoms with Crippen LogP contribution in [0.4, 0.5) is 0 Å². The number of methoxy groups -OCH3 is 2. The lowest BCUT2D eigenvalue weighted by molar-refractivity contribution is 0.393. The summed E-state index contributed by atoms with van der Waals surface area (Å²) in [4.78, 5) is 0.307. The van der Waals surface area contributed by atoms with Crippen molar-refractivity contribution in [2.45, 2.75) is 10.6 Å². The fourth-order valence-electron chi connectivity index (χ4n) is 1.88. The quantitative estimate of drug-likeness (QED) is 0.850. The van der Waals surface area contributed by atoms with Crippen LogP contribution in [0.25, 0.3) is 0 Å². The zero-order valence-electron chi connectivity index (χ0n) is 11.4. The van der Waals surface area contributed by atoms with Crippen LogP contribution in [0.3, 0.4) is 0 Å². The molecule has 20 heavy (non-hydrogen) atoms. The van der Waals surface area contributed by atoms with Gasteiger partial charge in [-0.3, -0.25) is 0 Å². The van der Waals surface area contributed by atoms with E-state index in [2.05, 4.69) is 0 Å². The maximum Gasteiger partial charge on any atom is 0.182 e. The molecule has 0 aromatic heterocycles. The van der Waals surface area contributed by atoms with Crippen LogP contribution in [-0.4, -0.2) is 22.6 Å². The first-order chi connectivity index (χ1) is 9.55. The Morgan fingerprint density at radius 3 is 1.95 bits per heavy atom. The van der Waals surface area contributed by atoms with Crippen LogP contribution in [0.1, 0.15) is 5.56 Å². The maximum atomic E-state index is 12.3. The van der Waals surface area contributed by atoms with Gasteiger partial charge >= 0.3 is 0 Å².